The number of thioether (sulfide) groups is 1. The molecule has 1 aromatic heterocycles. The van der Waals surface area contributed by atoms with Gasteiger partial charge in [-0.1, -0.05) is 41.6 Å². The van der Waals surface area contributed by atoms with Crippen LogP contribution < -0.4 is 0 Å². The fraction of sp³-hybridized carbons (Fsp3) is 0.0556. The smallest absolute Gasteiger partial charge is 0.200 e. The van der Waals surface area contributed by atoms with Crippen LogP contribution in [0.4, 0.5) is 0 Å². The number of aryl methyl sites for hydroxylation is 1. The van der Waals surface area contributed by atoms with Gasteiger partial charge in [0.25, 0.3) is 0 Å². The van der Waals surface area contributed by atoms with E-state index >= 15 is 0 Å². The van der Waals surface area contributed by atoms with E-state index in [-0.39, 0.29) is 5.78 Å². The van der Waals surface area contributed by atoms with Crippen molar-refractivity contribution in [3.63, 3.8) is 0 Å². The predicted molar refractivity (Wildman–Crippen MR) is 87.6 cm³/mol. The molecule has 0 atom stereocenters. The van der Waals surface area contributed by atoms with Crippen LogP contribution in [0, 0.1) is 6.92 Å². The molecule has 102 valence electrons. The average Bonchev–Trinajstić information content (AvgIpc) is 3.03. The Kier molecular flexibility index (Phi) is 2.76. The number of Topliss-reactive ketones (excluding diaryl/α,β-unsaturated/α-hetero) is 1. The number of H-pyrrole nitrogens is 1. The summed E-state index contributed by atoms with van der Waals surface area (Å²) in [5.74, 6) is 0.129. The zero-order valence-electron chi connectivity index (χ0n) is 11.5. The van der Waals surface area contributed by atoms with E-state index < -0.39 is 0 Å². The van der Waals surface area contributed by atoms with Gasteiger partial charge in [0.1, 0.15) is 0 Å². The van der Waals surface area contributed by atoms with Crippen LogP contribution in [0.5, 0.6) is 0 Å². The standard InChI is InChI=1S/C18H13NOS/c1-11-6-7-16-14(8-11)18(20)17(21-16)9-12-10-19-15-5-3-2-4-13(12)15/h2-10,19H,1H3. The first-order valence-electron chi connectivity index (χ1n) is 6.83. The number of para-hydroxylation sites is 1. The fourth-order valence-electron chi connectivity index (χ4n) is 2.66. The maximum atomic E-state index is 12.5. The lowest BCUT2D eigenvalue weighted by Gasteiger charge is -1.95. The first-order chi connectivity index (χ1) is 10.2. The molecule has 0 amide bonds. The summed E-state index contributed by atoms with van der Waals surface area (Å²) in [6, 6.07) is 14.2. The number of nitrogens with one attached hydrogen (secondary N) is 1. The maximum Gasteiger partial charge on any atom is 0.200 e. The van der Waals surface area contributed by atoms with Crippen molar-refractivity contribution in [2.45, 2.75) is 11.8 Å². The van der Waals surface area contributed by atoms with Gasteiger partial charge in [-0.15, -0.1) is 0 Å². The second-order valence-corrected chi connectivity index (χ2v) is 6.31. The molecule has 1 aliphatic rings. The molecule has 0 unspecified atom stereocenters. The Hall–Kier alpha value is -2.26. The van der Waals surface area contributed by atoms with E-state index in [1.807, 2.05) is 55.6 Å². The van der Waals surface area contributed by atoms with Crippen molar-refractivity contribution in [2.24, 2.45) is 0 Å². The Morgan fingerprint density at radius 3 is 2.90 bits per heavy atom. The number of aromatic nitrogens is 1. The van der Waals surface area contributed by atoms with E-state index in [9.17, 15) is 4.79 Å². The van der Waals surface area contributed by atoms with E-state index in [0.717, 1.165) is 37.4 Å². The second-order valence-electron chi connectivity index (χ2n) is 5.23. The van der Waals surface area contributed by atoms with Crippen LogP contribution in [-0.4, -0.2) is 10.8 Å². The number of hydrogen-bond donors (Lipinski definition) is 1. The summed E-state index contributed by atoms with van der Waals surface area (Å²) >= 11 is 1.56. The normalized spacial score (nSPS) is 15.9. The summed E-state index contributed by atoms with van der Waals surface area (Å²) in [6.07, 6.45) is 3.95. The van der Waals surface area contributed by atoms with Crippen molar-refractivity contribution < 1.29 is 4.79 Å². The first kappa shape index (κ1) is 12.5. The molecule has 1 aliphatic heterocycles. The average molecular weight is 291 g/mol. The largest absolute Gasteiger partial charge is 0.361 e. The van der Waals surface area contributed by atoms with Crippen molar-refractivity contribution in [1.82, 2.24) is 4.98 Å². The molecule has 2 heterocycles. The topological polar surface area (TPSA) is 32.9 Å². The number of ketones is 1. The fourth-order valence-corrected chi connectivity index (χ4v) is 3.68. The molecule has 3 heteroatoms. The highest BCUT2D eigenvalue weighted by molar-refractivity contribution is 8.04. The number of benzene rings is 2. The number of rotatable bonds is 1. The highest BCUT2D eigenvalue weighted by Crippen LogP contribution is 2.41. The van der Waals surface area contributed by atoms with Crippen LogP contribution in [0.3, 0.4) is 0 Å². The lowest BCUT2D eigenvalue weighted by Crippen LogP contribution is -1.94. The lowest BCUT2D eigenvalue weighted by molar-refractivity contribution is 0.104. The molecule has 2 nitrogen and oxygen atoms in total. The molecule has 2 aromatic carbocycles. The van der Waals surface area contributed by atoms with E-state index in [4.69, 9.17) is 0 Å². The number of hydrogen-bond acceptors (Lipinski definition) is 2. The van der Waals surface area contributed by atoms with E-state index in [2.05, 4.69) is 11.1 Å². The van der Waals surface area contributed by atoms with Crippen molar-refractivity contribution in [1.29, 1.82) is 0 Å². The third-order valence-corrected chi connectivity index (χ3v) is 4.83. The SMILES string of the molecule is Cc1ccc2c(c1)C(=O)C(=Cc1c[nH]c3ccccc13)S2. The van der Waals surface area contributed by atoms with Crippen molar-refractivity contribution in [2.75, 3.05) is 0 Å². The first-order valence-corrected chi connectivity index (χ1v) is 7.65. The summed E-state index contributed by atoms with van der Waals surface area (Å²) in [6.45, 7) is 2.01. The Labute approximate surface area is 126 Å². The summed E-state index contributed by atoms with van der Waals surface area (Å²) in [7, 11) is 0. The number of allylic oxidation sites excluding steroid dienone is 1. The molecule has 0 aliphatic carbocycles. The van der Waals surface area contributed by atoms with Gasteiger partial charge < -0.3 is 4.98 Å². The second kappa shape index (κ2) is 4.64. The highest BCUT2D eigenvalue weighted by Gasteiger charge is 2.25. The van der Waals surface area contributed by atoms with Gasteiger partial charge in [0.2, 0.25) is 5.78 Å². The number of carbonyl (C=O) groups excluding carboxylic acids is 1. The zero-order valence-corrected chi connectivity index (χ0v) is 12.3. The highest BCUT2D eigenvalue weighted by atomic mass is 32.2. The molecule has 0 radical (unpaired) electrons. The summed E-state index contributed by atoms with van der Waals surface area (Å²) in [4.78, 5) is 17.6. The molecule has 0 saturated carbocycles. The van der Waals surface area contributed by atoms with E-state index in [0.29, 0.717) is 0 Å². The monoisotopic (exact) mass is 291 g/mol. The minimum Gasteiger partial charge on any atom is -0.361 e. The molecule has 4 rings (SSSR count). The van der Waals surface area contributed by atoms with Crippen molar-refractivity contribution >= 4 is 34.5 Å². The molecule has 0 bridgehead atoms. The van der Waals surface area contributed by atoms with Gasteiger partial charge >= 0.3 is 0 Å². The number of carbonyl (C=O) groups is 1. The van der Waals surface area contributed by atoms with Gasteiger partial charge in [-0.2, -0.15) is 0 Å². The van der Waals surface area contributed by atoms with Crippen molar-refractivity contribution in [3.8, 4) is 0 Å². The van der Waals surface area contributed by atoms with Crippen LogP contribution >= 0.6 is 11.8 Å². The quantitative estimate of drug-likeness (QED) is 0.653. The molecule has 3 aromatic rings. The molecule has 0 fully saturated rings. The Bertz CT molecular complexity index is 904. The Morgan fingerprint density at radius 2 is 2.00 bits per heavy atom. The molecule has 0 saturated heterocycles. The summed E-state index contributed by atoms with van der Waals surface area (Å²) in [5, 5.41) is 1.14. The minimum absolute atomic E-state index is 0.129. The van der Waals surface area contributed by atoms with E-state index in [1.54, 1.807) is 11.8 Å². The third kappa shape index (κ3) is 2.01. The molecule has 1 N–H and O–H groups in total. The van der Waals surface area contributed by atoms with Crippen LogP contribution in [0.25, 0.3) is 17.0 Å². The van der Waals surface area contributed by atoms with Crippen LogP contribution in [0.15, 0.2) is 58.5 Å². The molecular weight excluding hydrogens is 278 g/mol. The third-order valence-electron chi connectivity index (χ3n) is 3.73. The van der Waals surface area contributed by atoms with Crippen LogP contribution in [-0.2, 0) is 0 Å². The zero-order chi connectivity index (χ0) is 14.4. The minimum atomic E-state index is 0.129. The number of aromatic amines is 1. The van der Waals surface area contributed by atoms with Gasteiger partial charge in [0.05, 0.1) is 4.91 Å². The Morgan fingerprint density at radius 1 is 1.14 bits per heavy atom. The van der Waals surface area contributed by atoms with Gasteiger partial charge in [0.15, 0.2) is 0 Å². The van der Waals surface area contributed by atoms with Crippen LogP contribution in [0.1, 0.15) is 21.5 Å². The molecule has 21 heavy (non-hydrogen) atoms. The van der Waals surface area contributed by atoms with Gasteiger partial charge in [0, 0.05) is 33.1 Å². The maximum absolute atomic E-state index is 12.5. The number of fused-ring (bicyclic) bond motifs is 2. The van der Waals surface area contributed by atoms with Gasteiger partial charge in [-0.25, -0.2) is 0 Å². The molecular formula is C18H13NOS. The predicted octanol–water partition coefficient (Wildman–Crippen LogP) is 4.81. The van der Waals surface area contributed by atoms with Gasteiger partial charge in [-0.05, 0) is 31.2 Å². The molecule has 0 spiro atoms. The van der Waals surface area contributed by atoms with Gasteiger partial charge in [-0.3, -0.25) is 4.79 Å². The summed E-state index contributed by atoms with van der Waals surface area (Å²) < 4.78 is 0. The van der Waals surface area contributed by atoms with Crippen molar-refractivity contribution in [3.05, 3.63) is 70.3 Å². The Balaban J connectivity index is 1.80. The lowest BCUT2D eigenvalue weighted by atomic mass is 10.1. The van der Waals surface area contributed by atoms with E-state index in [1.165, 1.54) is 0 Å². The van der Waals surface area contributed by atoms with Crippen LogP contribution in [0.2, 0.25) is 0 Å². The summed E-state index contributed by atoms with van der Waals surface area (Å²) in [5.41, 5.74) is 4.10.